The molecule has 1 aromatic carbocycles. The SMILES string of the molecule is CN(CCN)c1ccc2c(c1)CCCC2. The van der Waals surface area contributed by atoms with Crippen LogP contribution in [0, 0.1) is 0 Å². The zero-order chi connectivity index (χ0) is 10.7. The van der Waals surface area contributed by atoms with E-state index < -0.39 is 0 Å². The molecule has 1 aromatic rings. The van der Waals surface area contributed by atoms with Crippen molar-refractivity contribution in [3.8, 4) is 0 Å². The minimum absolute atomic E-state index is 0.716. The molecule has 0 unspecified atom stereocenters. The van der Waals surface area contributed by atoms with E-state index in [0.29, 0.717) is 6.54 Å². The predicted octanol–water partition coefficient (Wildman–Crippen LogP) is 1.96. The summed E-state index contributed by atoms with van der Waals surface area (Å²) in [5, 5.41) is 0. The number of nitrogens with two attached hydrogens (primary N) is 1. The van der Waals surface area contributed by atoms with Gasteiger partial charge in [-0.3, -0.25) is 0 Å². The highest BCUT2D eigenvalue weighted by molar-refractivity contribution is 5.51. The summed E-state index contributed by atoms with van der Waals surface area (Å²) in [6, 6.07) is 6.85. The van der Waals surface area contributed by atoms with Crippen molar-refractivity contribution < 1.29 is 0 Å². The normalized spacial score (nSPS) is 14.8. The topological polar surface area (TPSA) is 29.3 Å². The number of likely N-dealkylation sites (N-methyl/N-ethyl adjacent to an activating group) is 1. The van der Waals surface area contributed by atoms with Gasteiger partial charge >= 0.3 is 0 Å². The molecule has 0 saturated heterocycles. The van der Waals surface area contributed by atoms with Gasteiger partial charge in [-0.15, -0.1) is 0 Å². The van der Waals surface area contributed by atoms with Crippen molar-refractivity contribution in [2.75, 3.05) is 25.0 Å². The van der Waals surface area contributed by atoms with Gasteiger partial charge in [0.15, 0.2) is 0 Å². The quantitative estimate of drug-likeness (QED) is 0.815. The van der Waals surface area contributed by atoms with Crippen LogP contribution in [0.4, 0.5) is 5.69 Å². The summed E-state index contributed by atoms with van der Waals surface area (Å²) in [6.45, 7) is 1.65. The molecule has 15 heavy (non-hydrogen) atoms. The molecule has 0 bridgehead atoms. The summed E-state index contributed by atoms with van der Waals surface area (Å²) in [7, 11) is 2.11. The molecule has 0 spiro atoms. The minimum Gasteiger partial charge on any atom is -0.373 e. The molecule has 0 atom stereocenters. The van der Waals surface area contributed by atoms with E-state index in [1.165, 1.54) is 31.4 Å². The fourth-order valence-electron chi connectivity index (χ4n) is 2.28. The Morgan fingerprint density at radius 2 is 1.93 bits per heavy atom. The lowest BCUT2D eigenvalue weighted by atomic mass is 9.91. The van der Waals surface area contributed by atoms with Crippen LogP contribution in [0.2, 0.25) is 0 Å². The van der Waals surface area contributed by atoms with Crippen molar-refractivity contribution in [2.45, 2.75) is 25.7 Å². The highest BCUT2D eigenvalue weighted by atomic mass is 15.1. The summed E-state index contributed by atoms with van der Waals surface area (Å²) in [4.78, 5) is 2.23. The molecule has 0 fully saturated rings. The van der Waals surface area contributed by atoms with Crippen LogP contribution >= 0.6 is 0 Å². The fourth-order valence-corrected chi connectivity index (χ4v) is 2.28. The van der Waals surface area contributed by atoms with Gasteiger partial charge < -0.3 is 10.6 Å². The maximum absolute atomic E-state index is 5.56. The van der Waals surface area contributed by atoms with Crippen LogP contribution in [0.15, 0.2) is 18.2 Å². The molecule has 1 aliphatic rings. The Morgan fingerprint density at radius 3 is 2.67 bits per heavy atom. The van der Waals surface area contributed by atoms with E-state index in [4.69, 9.17) is 5.73 Å². The first-order chi connectivity index (χ1) is 7.31. The van der Waals surface area contributed by atoms with Gasteiger partial charge in [0.1, 0.15) is 0 Å². The minimum atomic E-state index is 0.716. The summed E-state index contributed by atoms with van der Waals surface area (Å²) in [6.07, 6.45) is 5.21. The molecule has 2 nitrogen and oxygen atoms in total. The van der Waals surface area contributed by atoms with Crippen LogP contribution in [-0.2, 0) is 12.8 Å². The average Bonchev–Trinajstić information content (AvgIpc) is 2.29. The average molecular weight is 204 g/mol. The molecule has 2 N–H and O–H groups in total. The summed E-state index contributed by atoms with van der Waals surface area (Å²) >= 11 is 0. The van der Waals surface area contributed by atoms with E-state index in [1.54, 1.807) is 11.1 Å². The van der Waals surface area contributed by atoms with Crippen molar-refractivity contribution in [2.24, 2.45) is 5.73 Å². The molecule has 0 aromatic heterocycles. The standard InChI is InChI=1S/C13H20N2/c1-15(9-8-14)13-7-6-11-4-2-3-5-12(11)10-13/h6-7,10H,2-5,8-9,14H2,1H3. The van der Waals surface area contributed by atoms with Crippen LogP contribution in [-0.4, -0.2) is 20.1 Å². The zero-order valence-corrected chi connectivity index (χ0v) is 9.50. The Hall–Kier alpha value is -1.02. The molecule has 1 aliphatic carbocycles. The number of rotatable bonds is 3. The summed E-state index contributed by atoms with van der Waals surface area (Å²) < 4.78 is 0. The Bertz CT molecular complexity index is 333. The number of aryl methyl sites for hydroxylation is 2. The van der Waals surface area contributed by atoms with E-state index >= 15 is 0 Å². The largest absolute Gasteiger partial charge is 0.373 e. The Kier molecular flexibility index (Phi) is 3.27. The molecule has 82 valence electrons. The third kappa shape index (κ3) is 2.32. The van der Waals surface area contributed by atoms with E-state index in [1.807, 2.05) is 0 Å². The molecular formula is C13H20N2. The summed E-state index contributed by atoms with van der Waals surface area (Å²) in [5.74, 6) is 0. The van der Waals surface area contributed by atoms with Crippen molar-refractivity contribution >= 4 is 5.69 Å². The third-order valence-electron chi connectivity index (χ3n) is 3.24. The number of benzene rings is 1. The highest BCUT2D eigenvalue weighted by Gasteiger charge is 2.10. The van der Waals surface area contributed by atoms with E-state index in [-0.39, 0.29) is 0 Å². The van der Waals surface area contributed by atoms with Gasteiger partial charge in [-0.05, 0) is 48.9 Å². The highest BCUT2D eigenvalue weighted by Crippen LogP contribution is 2.25. The number of anilines is 1. The lowest BCUT2D eigenvalue weighted by molar-refractivity contribution is 0.685. The van der Waals surface area contributed by atoms with Crippen molar-refractivity contribution in [1.82, 2.24) is 0 Å². The Balaban J connectivity index is 2.20. The fraction of sp³-hybridized carbons (Fsp3) is 0.538. The molecular weight excluding hydrogens is 184 g/mol. The molecule has 0 saturated carbocycles. The number of nitrogens with zero attached hydrogens (tertiary/aromatic N) is 1. The Morgan fingerprint density at radius 1 is 1.20 bits per heavy atom. The first-order valence-corrected chi connectivity index (χ1v) is 5.84. The van der Waals surface area contributed by atoms with E-state index in [0.717, 1.165) is 6.54 Å². The van der Waals surface area contributed by atoms with Gasteiger partial charge in [0.05, 0.1) is 0 Å². The lowest BCUT2D eigenvalue weighted by Crippen LogP contribution is -2.25. The zero-order valence-electron chi connectivity index (χ0n) is 9.50. The van der Waals surface area contributed by atoms with Crippen LogP contribution in [0.25, 0.3) is 0 Å². The van der Waals surface area contributed by atoms with Gasteiger partial charge in [-0.2, -0.15) is 0 Å². The number of hydrogen-bond donors (Lipinski definition) is 1. The second-order valence-corrected chi connectivity index (χ2v) is 4.37. The third-order valence-corrected chi connectivity index (χ3v) is 3.24. The first-order valence-electron chi connectivity index (χ1n) is 5.84. The number of hydrogen-bond acceptors (Lipinski definition) is 2. The monoisotopic (exact) mass is 204 g/mol. The van der Waals surface area contributed by atoms with Gasteiger partial charge in [0.25, 0.3) is 0 Å². The van der Waals surface area contributed by atoms with Crippen molar-refractivity contribution in [3.05, 3.63) is 29.3 Å². The molecule has 2 rings (SSSR count). The van der Waals surface area contributed by atoms with Crippen LogP contribution in [0.5, 0.6) is 0 Å². The second kappa shape index (κ2) is 4.67. The van der Waals surface area contributed by atoms with Crippen molar-refractivity contribution in [1.29, 1.82) is 0 Å². The molecule has 0 amide bonds. The molecule has 0 aliphatic heterocycles. The maximum atomic E-state index is 5.56. The summed E-state index contributed by atoms with van der Waals surface area (Å²) in [5.41, 5.74) is 9.96. The van der Waals surface area contributed by atoms with E-state index in [2.05, 4.69) is 30.1 Å². The van der Waals surface area contributed by atoms with Gasteiger partial charge in [0.2, 0.25) is 0 Å². The number of fused-ring (bicyclic) bond motifs is 1. The van der Waals surface area contributed by atoms with Crippen LogP contribution < -0.4 is 10.6 Å². The van der Waals surface area contributed by atoms with Crippen LogP contribution in [0.1, 0.15) is 24.0 Å². The van der Waals surface area contributed by atoms with E-state index in [9.17, 15) is 0 Å². The smallest absolute Gasteiger partial charge is 0.0366 e. The lowest BCUT2D eigenvalue weighted by Gasteiger charge is -2.22. The second-order valence-electron chi connectivity index (χ2n) is 4.37. The predicted molar refractivity (Wildman–Crippen MR) is 65.4 cm³/mol. The van der Waals surface area contributed by atoms with Gasteiger partial charge in [0, 0.05) is 25.8 Å². The molecule has 2 heteroatoms. The first kappa shape index (κ1) is 10.5. The van der Waals surface area contributed by atoms with Gasteiger partial charge in [-0.1, -0.05) is 6.07 Å². The molecule has 0 heterocycles. The Labute approximate surface area is 92.1 Å². The van der Waals surface area contributed by atoms with Gasteiger partial charge in [-0.25, -0.2) is 0 Å². The van der Waals surface area contributed by atoms with Crippen molar-refractivity contribution in [3.63, 3.8) is 0 Å². The van der Waals surface area contributed by atoms with Crippen LogP contribution in [0.3, 0.4) is 0 Å². The molecule has 0 radical (unpaired) electrons. The maximum Gasteiger partial charge on any atom is 0.0366 e.